The molecule has 0 fully saturated rings. The molecular formula is C22H24N4O2. The van der Waals surface area contributed by atoms with E-state index in [2.05, 4.69) is 33.2 Å². The second kappa shape index (κ2) is 7.86. The van der Waals surface area contributed by atoms with Crippen molar-refractivity contribution in [3.63, 3.8) is 0 Å². The summed E-state index contributed by atoms with van der Waals surface area (Å²) in [5, 5.41) is 4.18. The molecule has 0 aliphatic heterocycles. The molecule has 0 saturated heterocycles. The molecule has 144 valence electrons. The van der Waals surface area contributed by atoms with Gasteiger partial charge in [0.25, 0.3) is 0 Å². The molecule has 2 heterocycles. The van der Waals surface area contributed by atoms with Crippen LogP contribution in [0.3, 0.4) is 0 Å². The average molecular weight is 376 g/mol. The molecule has 0 saturated carbocycles. The topological polar surface area (TPSA) is 61.1 Å². The van der Waals surface area contributed by atoms with Crippen molar-refractivity contribution in [2.75, 3.05) is 19.0 Å². The van der Waals surface area contributed by atoms with Gasteiger partial charge in [0, 0.05) is 49.9 Å². The van der Waals surface area contributed by atoms with E-state index in [-0.39, 0.29) is 5.91 Å². The molecule has 0 aliphatic rings. The van der Waals surface area contributed by atoms with Crippen LogP contribution in [0.15, 0.2) is 55.0 Å². The van der Waals surface area contributed by atoms with Gasteiger partial charge in [0.05, 0.1) is 24.0 Å². The highest BCUT2D eigenvalue weighted by atomic mass is 16.5. The molecule has 0 atom stereocenters. The second-order valence-electron chi connectivity index (χ2n) is 6.96. The van der Waals surface area contributed by atoms with E-state index in [0.717, 1.165) is 23.3 Å². The minimum absolute atomic E-state index is 0.00371. The van der Waals surface area contributed by atoms with Crippen LogP contribution in [0.25, 0.3) is 21.9 Å². The lowest BCUT2D eigenvalue weighted by Crippen LogP contribution is -2.12. The van der Waals surface area contributed by atoms with Gasteiger partial charge in [-0.1, -0.05) is 18.2 Å². The van der Waals surface area contributed by atoms with Crippen LogP contribution in [-0.4, -0.2) is 33.7 Å². The summed E-state index contributed by atoms with van der Waals surface area (Å²) in [6.07, 6.45) is 5.03. The third kappa shape index (κ3) is 3.64. The smallest absolute Gasteiger partial charge is 0.224 e. The molecule has 2 aromatic carbocycles. The zero-order valence-corrected chi connectivity index (χ0v) is 16.2. The van der Waals surface area contributed by atoms with Crippen molar-refractivity contribution in [1.29, 1.82) is 0 Å². The van der Waals surface area contributed by atoms with E-state index in [1.165, 1.54) is 16.5 Å². The molecule has 0 bridgehead atoms. The van der Waals surface area contributed by atoms with Crippen molar-refractivity contribution >= 4 is 33.5 Å². The number of para-hydroxylation sites is 1. The summed E-state index contributed by atoms with van der Waals surface area (Å²) in [7, 11) is 3.66. The lowest BCUT2D eigenvalue weighted by Gasteiger charge is -2.05. The number of aromatic nitrogens is 3. The lowest BCUT2D eigenvalue weighted by atomic mass is 10.1. The number of rotatable bonds is 7. The number of anilines is 1. The van der Waals surface area contributed by atoms with Crippen molar-refractivity contribution in [2.24, 2.45) is 7.05 Å². The van der Waals surface area contributed by atoms with Crippen molar-refractivity contribution in [1.82, 2.24) is 14.1 Å². The summed E-state index contributed by atoms with van der Waals surface area (Å²) in [6.45, 7) is 1.46. The Labute approximate surface area is 163 Å². The van der Waals surface area contributed by atoms with Crippen molar-refractivity contribution < 1.29 is 9.53 Å². The molecule has 2 aromatic heterocycles. The van der Waals surface area contributed by atoms with Gasteiger partial charge in [0.1, 0.15) is 0 Å². The number of imidazole rings is 1. The molecule has 6 heteroatoms. The molecule has 0 unspecified atom stereocenters. The molecular weight excluding hydrogens is 352 g/mol. The van der Waals surface area contributed by atoms with Crippen LogP contribution in [0.4, 0.5) is 5.69 Å². The Balaban J connectivity index is 1.45. The van der Waals surface area contributed by atoms with Crippen LogP contribution in [-0.2, 0) is 29.5 Å². The highest BCUT2D eigenvalue weighted by Crippen LogP contribution is 2.23. The summed E-state index contributed by atoms with van der Waals surface area (Å²) in [6, 6.07) is 14.1. The molecule has 0 spiro atoms. The van der Waals surface area contributed by atoms with Crippen molar-refractivity contribution in [3.05, 3.63) is 60.6 Å². The first-order valence-electron chi connectivity index (χ1n) is 9.42. The summed E-state index contributed by atoms with van der Waals surface area (Å²) in [5.74, 6) is 0.00371. The fourth-order valence-electron chi connectivity index (χ4n) is 3.58. The van der Waals surface area contributed by atoms with Gasteiger partial charge >= 0.3 is 0 Å². The number of ether oxygens (including phenoxy) is 1. The average Bonchev–Trinajstić information content (AvgIpc) is 3.25. The monoisotopic (exact) mass is 376 g/mol. The van der Waals surface area contributed by atoms with Crippen LogP contribution < -0.4 is 5.32 Å². The first kappa shape index (κ1) is 18.3. The van der Waals surface area contributed by atoms with Gasteiger partial charge in [-0.05, 0) is 36.2 Å². The standard InChI is InChI=1S/C22H24N4O2/c1-25-15-23-19-13-17(8-9-21(19)25)24-22(27)10-7-16-14-26(11-12-28-2)20-6-4-3-5-18(16)20/h3-6,8-9,13-15H,7,10-12H2,1-2H3,(H,24,27). The number of nitrogens with one attached hydrogen (secondary N) is 1. The molecule has 1 N–H and O–H groups in total. The predicted octanol–water partition coefficient (Wildman–Crippen LogP) is 3.75. The van der Waals surface area contributed by atoms with Gasteiger partial charge in [-0.15, -0.1) is 0 Å². The number of carbonyl (C=O) groups excluding carboxylic acids is 1. The normalized spacial score (nSPS) is 11.4. The summed E-state index contributed by atoms with van der Waals surface area (Å²) in [5.41, 5.74) is 5.06. The summed E-state index contributed by atoms with van der Waals surface area (Å²) >= 11 is 0. The number of fused-ring (bicyclic) bond motifs is 2. The Hall–Kier alpha value is -3.12. The van der Waals surface area contributed by atoms with Gasteiger partial charge in [-0.25, -0.2) is 4.98 Å². The minimum Gasteiger partial charge on any atom is -0.383 e. The third-order valence-electron chi connectivity index (χ3n) is 5.04. The zero-order valence-electron chi connectivity index (χ0n) is 16.2. The minimum atomic E-state index is 0.00371. The number of hydrogen-bond acceptors (Lipinski definition) is 3. The van der Waals surface area contributed by atoms with Crippen LogP contribution in [0.1, 0.15) is 12.0 Å². The Bertz CT molecular complexity index is 1130. The van der Waals surface area contributed by atoms with E-state index in [1.807, 2.05) is 41.9 Å². The number of methoxy groups -OCH3 is 1. The van der Waals surface area contributed by atoms with Gasteiger partial charge in [0.2, 0.25) is 5.91 Å². The SMILES string of the molecule is COCCn1cc(CCC(=O)Nc2ccc3c(c2)ncn3C)c2ccccc21. The maximum absolute atomic E-state index is 12.5. The summed E-state index contributed by atoms with van der Waals surface area (Å²) < 4.78 is 9.36. The quantitative estimate of drug-likeness (QED) is 0.534. The Morgan fingerprint density at radius 3 is 2.89 bits per heavy atom. The molecule has 28 heavy (non-hydrogen) atoms. The number of aryl methyl sites for hydroxylation is 2. The molecule has 0 aliphatic carbocycles. The van der Waals surface area contributed by atoms with Gasteiger partial charge in [-0.2, -0.15) is 0 Å². The first-order valence-corrected chi connectivity index (χ1v) is 9.42. The van der Waals surface area contributed by atoms with Gasteiger partial charge < -0.3 is 19.2 Å². The van der Waals surface area contributed by atoms with Crippen LogP contribution in [0.2, 0.25) is 0 Å². The maximum atomic E-state index is 12.5. The summed E-state index contributed by atoms with van der Waals surface area (Å²) in [4.78, 5) is 16.8. The highest BCUT2D eigenvalue weighted by Gasteiger charge is 2.11. The Kier molecular flexibility index (Phi) is 5.12. The molecule has 1 amide bonds. The first-order chi connectivity index (χ1) is 13.7. The van der Waals surface area contributed by atoms with E-state index < -0.39 is 0 Å². The molecule has 0 radical (unpaired) electrons. The fourth-order valence-corrected chi connectivity index (χ4v) is 3.58. The van der Waals surface area contributed by atoms with Crippen LogP contribution in [0, 0.1) is 0 Å². The molecule has 4 rings (SSSR count). The van der Waals surface area contributed by atoms with E-state index in [4.69, 9.17) is 4.74 Å². The largest absolute Gasteiger partial charge is 0.383 e. The van der Waals surface area contributed by atoms with E-state index >= 15 is 0 Å². The van der Waals surface area contributed by atoms with Gasteiger partial charge in [0.15, 0.2) is 0 Å². The van der Waals surface area contributed by atoms with Crippen LogP contribution in [0.5, 0.6) is 0 Å². The zero-order chi connectivity index (χ0) is 19.5. The van der Waals surface area contributed by atoms with Crippen molar-refractivity contribution in [3.8, 4) is 0 Å². The van der Waals surface area contributed by atoms with Crippen LogP contribution >= 0.6 is 0 Å². The molecule has 6 nitrogen and oxygen atoms in total. The second-order valence-corrected chi connectivity index (χ2v) is 6.96. The van der Waals surface area contributed by atoms with E-state index in [0.29, 0.717) is 19.4 Å². The third-order valence-corrected chi connectivity index (χ3v) is 5.04. The predicted molar refractivity (Wildman–Crippen MR) is 111 cm³/mol. The fraction of sp³-hybridized carbons (Fsp3) is 0.273. The van der Waals surface area contributed by atoms with Gasteiger partial charge in [-0.3, -0.25) is 4.79 Å². The number of amides is 1. The highest BCUT2D eigenvalue weighted by molar-refractivity contribution is 5.93. The Morgan fingerprint density at radius 2 is 2.04 bits per heavy atom. The lowest BCUT2D eigenvalue weighted by molar-refractivity contribution is -0.116. The number of hydrogen-bond donors (Lipinski definition) is 1. The van der Waals surface area contributed by atoms with Crippen molar-refractivity contribution in [2.45, 2.75) is 19.4 Å². The van der Waals surface area contributed by atoms with E-state index in [1.54, 1.807) is 13.4 Å². The molecule has 4 aromatic rings. The maximum Gasteiger partial charge on any atom is 0.224 e. The van der Waals surface area contributed by atoms with E-state index in [9.17, 15) is 4.79 Å². The number of carbonyl (C=O) groups is 1. The Morgan fingerprint density at radius 1 is 1.18 bits per heavy atom. The number of benzene rings is 2. The number of nitrogens with zero attached hydrogens (tertiary/aromatic N) is 3.